The van der Waals surface area contributed by atoms with Gasteiger partial charge in [0.25, 0.3) is 0 Å². The minimum Gasteiger partial charge on any atom is -0.492 e. The van der Waals surface area contributed by atoms with Gasteiger partial charge >= 0.3 is 0 Å². The van der Waals surface area contributed by atoms with E-state index in [4.69, 9.17) is 19.7 Å². The third kappa shape index (κ3) is 5.93. The third-order valence-corrected chi connectivity index (χ3v) is 3.15. The highest BCUT2D eigenvalue weighted by atomic mass is 19.1. The van der Waals surface area contributed by atoms with Crippen LogP contribution in [0.5, 0.6) is 5.75 Å². The monoisotopic (exact) mass is 324 g/mol. The first-order valence-corrected chi connectivity index (χ1v) is 7.32. The van der Waals surface area contributed by atoms with Crippen molar-refractivity contribution in [2.75, 3.05) is 33.4 Å². The molecular weight excluding hydrogens is 303 g/mol. The van der Waals surface area contributed by atoms with Crippen LogP contribution < -0.4 is 10.5 Å². The first-order chi connectivity index (χ1) is 11.2. The lowest BCUT2D eigenvalue weighted by atomic mass is 10.3. The third-order valence-electron chi connectivity index (χ3n) is 3.15. The van der Waals surface area contributed by atoms with Gasteiger partial charge in [0.1, 0.15) is 18.2 Å². The second-order valence-corrected chi connectivity index (χ2v) is 4.88. The van der Waals surface area contributed by atoms with Crippen LogP contribution in [0.3, 0.4) is 0 Å². The van der Waals surface area contributed by atoms with Crippen LogP contribution in [0.4, 0.5) is 4.39 Å². The summed E-state index contributed by atoms with van der Waals surface area (Å²) in [5.41, 5.74) is 5.45. The molecule has 126 valence electrons. The lowest BCUT2D eigenvalue weighted by Gasteiger charge is -2.20. The van der Waals surface area contributed by atoms with Gasteiger partial charge in [0.15, 0.2) is 5.82 Å². The van der Waals surface area contributed by atoms with Crippen molar-refractivity contribution >= 4 is 0 Å². The van der Waals surface area contributed by atoms with Gasteiger partial charge in [-0.3, -0.25) is 4.90 Å². The first-order valence-electron chi connectivity index (χ1n) is 7.32. The van der Waals surface area contributed by atoms with Gasteiger partial charge in [-0.2, -0.15) is 4.98 Å². The summed E-state index contributed by atoms with van der Waals surface area (Å²) in [7, 11) is 1.65. The zero-order chi connectivity index (χ0) is 16.5. The molecule has 0 bridgehead atoms. The van der Waals surface area contributed by atoms with E-state index in [1.165, 1.54) is 12.1 Å². The van der Waals surface area contributed by atoms with Gasteiger partial charge in [-0.15, -0.1) is 0 Å². The van der Waals surface area contributed by atoms with Crippen LogP contribution in [0.25, 0.3) is 0 Å². The molecule has 0 radical (unpaired) electrons. The predicted molar refractivity (Wildman–Crippen MR) is 81.2 cm³/mol. The lowest BCUT2D eigenvalue weighted by Crippen LogP contribution is -2.31. The van der Waals surface area contributed by atoms with E-state index >= 15 is 0 Å². The van der Waals surface area contributed by atoms with E-state index in [0.717, 1.165) is 0 Å². The Bertz CT molecular complexity index is 576. The summed E-state index contributed by atoms with van der Waals surface area (Å²) in [6.07, 6.45) is 0. The number of methoxy groups -OCH3 is 1. The van der Waals surface area contributed by atoms with Crippen molar-refractivity contribution in [3.8, 4) is 5.75 Å². The van der Waals surface area contributed by atoms with Crippen LogP contribution in [0.15, 0.2) is 28.8 Å². The molecule has 0 aliphatic carbocycles. The van der Waals surface area contributed by atoms with Crippen molar-refractivity contribution in [2.45, 2.75) is 13.1 Å². The molecule has 2 N–H and O–H groups in total. The molecule has 2 aromatic rings. The van der Waals surface area contributed by atoms with Gasteiger partial charge < -0.3 is 19.7 Å². The maximum atomic E-state index is 12.8. The Morgan fingerprint density at radius 2 is 1.96 bits per heavy atom. The number of hydrogen-bond acceptors (Lipinski definition) is 7. The highest BCUT2D eigenvalue weighted by Crippen LogP contribution is 2.11. The van der Waals surface area contributed by atoms with E-state index in [0.29, 0.717) is 50.3 Å². The number of nitrogens with two attached hydrogens (primary N) is 1. The molecule has 7 nitrogen and oxygen atoms in total. The van der Waals surface area contributed by atoms with E-state index in [1.54, 1.807) is 19.2 Å². The molecule has 0 fully saturated rings. The quantitative estimate of drug-likeness (QED) is 0.702. The van der Waals surface area contributed by atoms with Crippen LogP contribution in [-0.4, -0.2) is 48.5 Å². The molecular formula is C15H21FN4O3. The molecule has 0 saturated heterocycles. The fourth-order valence-electron chi connectivity index (χ4n) is 1.95. The molecule has 0 atom stereocenters. The molecule has 1 aromatic heterocycles. The molecule has 0 aliphatic rings. The Labute approximate surface area is 134 Å². The van der Waals surface area contributed by atoms with Crippen molar-refractivity contribution in [3.63, 3.8) is 0 Å². The van der Waals surface area contributed by atoms with Crippen molar-refractivity contribution in [3.05, 3.63) is 41.8 Å². The number of aromatic nitrogens is 2. The molecule has 0 unspecified atom stereocenters. The molecule has 0 saturated carbocycles. The van der Waals surface area contributed by atoms with Gasteiger partial charge in [-0.05, 0) is 24.3 Å². The van der Waals surface area contributed by atoms with Gasteiger partial charge in [0, 0.05) is 20.2 Å². The van der Waals surface area contributed by atoms with Gasteiger partial charge in [0.2, 0.25) is 5.89 Å². The number of benzene rings is 1. The van der Waals surface area contributed by atoms with E-state index in [1.807, 2.05) is 0 Å². The average Bonchev–Trinajstić information content (AvgIpc) is 3.02. The van der Waals surface area contributed by atoms with Crippen LogP contribution in [0, 0.1) is 5.82 Å². The highest BCUT2D eigenvalue weighted by molar-refractivity contribution is 5.21. The van der Waals surface area contributed by atoms with Crippen molar-refractivity contribution in [1.29, 1.82) is 0 Å². The van der Waals surface area contributed by atoms with Gasteiger partial charge in [-0.25, -0.2) is 4.39 Å². The van der Waals surface area contributed by atoms with Crippen LogP contribution >= 0.6 is 0 Å². The smallest absolute Gasteiger partial charge is 0.240 e. The number of halogens is 1. The van der Waals surface area contributed by atoms with Crippen LogP contribution in [0.2, 0.25) is 0 Å². The number of rotatable bonds is 10. The second-order valence-electron chi connectivity index (χ2n) is 4.88. The summed E-state index contributed by atoms with van der Waals surface area (Å²) < 4.78 is 28.5. The summed E-state index contributed by atoms with van der Waals surface area (Å²) in [5.74, 6) is 1.33. The van der Waals surface area contributed by atoms with E-state index in [9.17, 15) is 4.39 Å². The maximum absolute atomic E-state index is 12.8. The summed E-state index contributed by atoms with van der Waals surface area (Å²) >= 11 is 0. The lowest BCUT2D eigenvalue weighted by molar-refractivity contribution is 0.128. The Balaban J connectivity index is 1.83. The van der Waals surface area contributed by atoms with Crippen molar-refractivity contribution < 1.29 is 18.4 Å². The highest BCUT2D eigenvalue weighted by Gasteiger charge is 2.11. The van der Waals surface area contributed by atoms with Gasteiger partial charge in [-0.1, -0.05) is 5.16 Å². The number of nitrogens with zero attached hydrogens (tertiary/aromatic N) is 3. The Hall–Kier alpha value is -2.03. The minimum atomic E-state index is -0.285. The zero-order valence-corrected chi connectivity index (χ0v) is 13.1. The van der Waals surface area contributed by atoms with E-state index < -0.39 is 0 Å². The maximum Gasteiger partial charge on any atom is 0.240 e. The Morgan fingerprint density at radius 1 is 1.22 bits per heavy atom. The van der Waals surface area contributed by atoms with Gasteiger partial charge in [0.05, 0.1) is 19.7 Å². The molecule has 0 spiro atoms. The first kappa shape index (κ1) is 17.3. The minimum absolute atomic E-state index is 0.221. The van der Waals surface area contributed by atoms with Crippen LogP contribution in [0.1, 0.15) is 11.7 Å². The molecule has 0 amide bonds. The SMILES string of the molecule is COCCN(CCOc1ccc(F)cc1)Cc1noc(CN)n1. The average molecular weight is 324 g/mol. The molecule has 23 heavy (non-hydrogen) atoms. The summed E-state index contributed by atoms with van der Waals surface area (Å²) in [6, 6.07) is 5.93. The second kappa shape index (κ2) is 9.19. The standard InChI is InChI=1S/C15H21FN4O3/c1-21-8-6-20(11-14-18-15(10-17)23-19-14)7-9-22-13-4-2-12(16)3-5-13/h2-5H,6-11,17H2,1H3. The number of ether oxygens (including phenoxy) is 2. The topological polar surface area (TPSA) is 86.6 Å². The van der Waals surface area contributed by atoms with Crippen molar-refractivity contribution in [2.24, 2.45) is 5.73 Å². The van der Waals surface area contributed by atoms with Crippen LogP contribution in [-0.2, 0) is 17.8 Å². The fourth-order valence-corrected chi connectivity index (χ4v) is 1.95. The Morgan fingerprint density at radius 3 is 2.61 bits per heavy atom. The van der Waals surface area contributed by atoms with E-state index in [2.05, 4.69) is 15.0 Å². The van der Waals surface area contributed by atoms with E-state index in [-0.39, 0.29) is 12.4 Å². The largest absolute Gasteiger partial charge is 0.492 e. The summed E-state index contributed by atoms with van der Waals surface area (Å²) in [4.78, 5) is 6.27. The summed E-state index contributed by atoms with van der Waals surface area (Å²) in [6.45, 7) is 3.12. The fraction of sp³-hybridized carbons (Fsp3) is 0.467. The molecule has 1 aromatic carbocycles. The zero-order valence-electron chi connectivity index (χ0n) is 13.1. The number of hydrogen-bond donors (Lipinski definition) is 1. The van der Waals surface area contributed by atoms with Crippen molar-refractivity contribution in [1.82, 2.24) is 15.0 Å². The molecule has 8 heteroatoms. The normalized spacial score (nSPS) is 11.1. The summed E-state index contributed by atoms with van der Waals surface area (Å²) in [5, 5.41) is 3.88. The Kier molecular flexibility index (Phi) is 6.92. The molecule has 1 heterocycles. The molecule has 2 rings (SSSR count). The molecule has 0 aliphatic heterocycles. The predicted octanol–water partition coefficient (Wildman–Crippen LogP) is 1.19.